The third-order valence-corrected chi connectivity index (χ3v) is 8.03. The summed E-state index contributed by atoms with van der Waals surface area (Å²) in [6, 6.07) is -0.453. The third-order valence-electron chi connectivity index (χ3n) is 5.82. The molecule has 0 bridgehead atoms. The van der Waals surface area contributed by atoms with Gasteiger partial charge in [-0.15, -0.1) is 11.8 Å². The van der Waals surface area contributed by atoms with Crippen LogP contribution in [-0.2, 0) is 19.2 Å². The van der Waals surface area contributed by atoms with Crippen LogP contribution in [0, 0.1) is 0 Å². The fourth-order valence-electron chi connectivity index (χ4n) is 4.15. The van der Waals surface area contributed by atoms with Crippen molar-refractivity contribution in [3.05, 3.63) is 35.3 Å². The van der Waals surface area contributed by atoms with Gasteiger partial charge in [0.1, 0.15) is 17.1 Å². The third kappa shape index (κ3) is 4.76. The predicted octanol–water partition coefficient (Wildman–Crippen LogP) is -0.0870. The number of rotatable bonds is 7. The Morgan fingerprint density at radius 1 is 1.36 bits per heavy atom. The van der Waals surface area contributed by atoms with E-state index in [-0.39, 0.29) is 52.8 Å². The maximum absolute atomic E-state index is 12.8. The molecule has 0 aromatic carbocycles. The van der Waals surface area contributed by atoms with Gasteiger partial charge in [0.25, 0.3) is 5.91 Å². The van der Waals surface area contributed by atoms with Gasteiger partial charge >= 0.3 is 35.5 Å². The van der Waals surface area contributed by atoms with Gasteiger partial charge in [-0.2, -0.15) is 0 Å². The summed E-state index contributed by atoms with van der Waals surface area (Å²) in [6.07, 6.45) is 7.52. The average Bonchev–Trinajstić information content (AvgIpc) is 3.35. The summed E-state index contributed by atoms with van der Waals surface area (Å²) in [4.78, 5) is 59.7. The molecular formula is C20H22N5NaO5S2. The Kier molecular flexibility index (Phi) is 7.29. The van der Waals surface area contributed by atoms with E-state index in [0.717, 1.165) is 12.8 Å². The van der Waals surface area contributed by atoms with E-state index in [1.807, 2.05) is 4.90 Å². The Hall–Kier alpha value is -1.73. The number of aromatic amines is 1. The van der Waals surface area contributed by atoms with Crippen LogP contribution in [0.1, 0.15) is 19.3 Å². The molecule has 3 aliphatic heterocycles. The number of allylic oxidation sites excluding steroid dienone is 1. The number of hydrogen-bond donors (Lipinski definition) is 3. The number of nitrogens with zero attached hydrogens (tertiary/aromatic N) is 3. The first-order valence-electron chi connectivity index (χ1n) is 10.3. The normalized spacial score (nSPS) is 25.6. The van der Waals surface area contributed by atoms with Crippen LogP contribution in [0.2, 0.25) is 0 Å². The SMILES string of the molecule is O=C(CSc1ncc[nH]1)N[C@@H]1C(=O)N2C(C(=O)O)=C(/C=C3\CCN(C4CC4)C3=O)CS[C@H]12.[NaH]. The number of thioether (sulfide) groups is 2. The molecular weight excluding hydrogens is 477 g/mol. The Morgan fingerprint density at radius 3 is 2.82 bits per heavy atom. The van der Waals surface area contributed by atoms with Crippen molar-refractivity contribution in [1.82, 2.24) is 25.1 Å². The van der Waals surface area contributed by atoms with Gasteiger partial charge in [-0.05, 0) is 30.9 Å². The molecule has 2 saturated heterocycles. The summed E-state index contributed by atoms with van der Waals surface area (Å²) in [5.74, 6) is -1.58. The van der Waals surface area contributed by atoms with Crippen molar-refractivity contribution in [1.29, 1.82) is 0 Å². The molecule has 2 atom stereocenters. The van der Waals surface area contributed by atoms with Crippen LogP contribution >= 0.6 is 23.5 Å². The number of aromatic nitrogens is 2. The molecule has 4 heterocycles. The van der Waals surface area contributed by atoms with E-state index in [1.165, 1.54) is 28.4 Å². The summed E-state index contributed by atoms with van der Waals surface area (Å²) >= 11 is 2.61. The second kappa shape index (κ2) is 9.87. The first kappa shape index (κ1) is 24.4. The van der Waals surface area contributed by atoms with E-state index in [4.69, 9.17) is 0 Å². The second-order valence-corrected chi connectivity index (χ2v) is 10.0. The molecule has 1 aliphatic carbocycles. The summed E-state index contributed by atoms with van der Waals surface area (Å²) < 4.78 is 0. The zero-order chi connectivity index (χ0) is 22.4. The minimum absolute atomic E-state index is 0. The number of nitrogens with one attached hydrogen (secondary N) is 2. The maximum atomic E-state index is 12.8. The Balaban J connectivity index is 0.00000259. The molecule has 5 rings (SSSR count). The van der Waals surface area contributed by atoms with Crippen molar-refractivity contribution < 1.29 is 24.3 Å². The predicted molar refractivity (Wildman–Crippen MR) is 124 cm³/mol. The number of amides is 3. The number of carboxylic acid groups (broad SMARTS) is 1. The van der Waals surface area contributed by atoms with Gasteiger partial charge in [0.2, 0.25) is 11.8 Å². The van der Waals surface area contributed by atoms with Crippen LogP contribution in [0.15, 0.2) is 40.5 Å². The molecule has 0 radical (unpaired) electrons. The number of imidazole rings is 1. The summed E-state index contributed by atoms with van der Waals surface area (Å²) in [7, 11) is 0. The molecule has 170 valence electrons. The van der Waals surface area contributed by atoms with E-state index in [0.29, 0.717) is 41.1 Å². The molecule has 3 fully saturated rings. The monoisotopic (exact) mass is 499 g/mol. The molecule has 3 amide bonds. The van der Waals surface area contributed by atoms with Crippen LogP contribution in [0.3, 0.4) is 0 Å². The number of fused-ring (bicyclic) bond motifs is 1. The van der Waals surface area contributed by atoms with Crippen molar-refractivity contribution in [3.63, 3.8) is 0 Å². The van der Waals surface area contributed by atoms with E-state index in [2.05, 4.69) is 15.3 Å². The Labute approximate surface area is 220 Å². The van der Waals surface area contributed by atoms with E-state index in [1.54, 1.807) is 18.5 Å². The first-order chi connectivity index (χ1) is 15.4. The van der Waals surface area contributed by atoms with E-state index < -0.39 is 23.3 Å². The fraction of sp³-hybridized carbons (Fsp3) is 0.450. The van der Waals surface area contributed by atoms with Gasteiger partial charge in [0, 0.05) is 36.3 Å². The first-order valence-corrected chi connectivity index (χ1v) is 12.3. The van der Waals surface area contributed by atoms with E-state index in [9.17, 15) is 24.3 Å². The molecule has 1 aromatic heterocycles. The van der Waals surface area contributed by atoms with Crippen LogP contribution in [0.4, 0.5) is 0 Å². The fourth-order valence-corrected chi connectivity index (χ4v) is 6.09. The molecule has 4 aliphatic rings. The number of aliphatic carboxylic acids is 1. The molecule has 13 heteroatoms. The van der Waals surface area contributed by atoms with Gasteiger partial charge in [-0.25, -0.2) is 9.78 Å². The molecule has 1 saturated carbocycles. The van der Waals surface area contributed by atoms with Crippen molar-refractivity contribution >= 4 is 76.8 Å². The summed E-state index contributed by atoms with van der Waals surface area (Å²) in [6.45, 7) is 0.660. The van der Waals surface area contributed by atoms with Gasteiger partial charge < -0.3 is 20.3 Å². The summed E-state index contributed by atoms with van der Waals surface area (Å²) in [5, 5.41) is 12.6. The zero-order valence-corrected chi connectivity index (χ0v) is 18.6. The van der Waals surface area contributed by atoms with Crippen molar-refractivity contribution in [2.24, 2.45) is 0 Å². The van der Waals surface area contributed by atoms with Crippen LogP contribution in [0.25, 0.3) is 0 Å². The van der Waals surface area contributed by atoms with Crippen LogP contribution in [-0.4, -0.2) is 114 Å². The molecule has 1 aromatic rings. The summed E-state index contributed by atoms with van der Waals surface area (Å²) in [5.41, 5.74) is 0.961. The Bertz CT molecular complexity index is 1060. The number of carbonyl (C=O) groups excluding carboxylic acids is 3. The molecule has 0 spiro atoms. The number of likely N-dealkylation sites (tertiary alicyclic amines) is 1. The number of carbonyl (C=O) groups is 4. The van der Waals surface area contributed by atoms with Gasteiger partial charge in [0.05, 0.1) is 5.75 Å². The van der Waals surface area contributed by atoms with Crippen molar-refractivity contribution in [3.8, 4) is 0 Å². The van der Waals surface area contributed by atoms with Crippen molar-refractivity contribution in [2.75, 3.05) is 18.1 Å². The molecule has 33 heavy (non-hydrogen) atoms. The number of carboxylic acids is 1. The Morgan fingerprint density at radius 2 is 2.15 bits per heavy atom. The quantitative estimate of drug-likeness (QED) is 0.205. The van der Waals surface area contributed by atoms with Gasteiger partial charge in [0.15, 0.2) is 5.16 Å². The molecule has 0 unspecified atom stereocenters. The number of hydrogen-bond acceptors (Lipinski definition) is 7. The standard InChI is InChI=1S/C20H21N5O5S2.Na.H/c26-13(9-32-20-21-4-5-22-20)23-14-17(28)25-15(19(29)30)11(8-31-18(14)25)7-10-3-6-24(16(10)27)12-1-2-12;;/h4-5,7,12,14,18H,1-3,6,8-9H2,(H,21,22)(H,23,26)(H,29,30);;/b10-7+;;/t14-,18-;;/m1../s1. The second-order valence-electron chi connectivity index (χ2n) is 7.97. The van der Waals surface area contributed by atoms with Gasteiger partial charge in [-0.3, -0.25) is 19.3 Å². The molecule has 3 N–H and O–H groups in total. The van der Waals surface area contributed by atoms with Crippen LogP contribution in [0.5, 0.6) is 0 Å². The van der Waals surface area contributed by atoms with Crippen LogP contribution < -0.4 is 5.32 Å². The van der Waals surface area contributed by atoms with Crippen molar-refractivity contribution in [2.45, 2.75) is 41.9 Å². The topological polar surface area (TPSA) is 136 Å². The zero-order valence-electron chi connectivity index (χ0n) is 16.9. The van der Waals surface area contributed by atoms with E-state index >= 15 is 0 Å². The minimum atomic E-state index is -1.21. The molecule has 10 nitrogen and oxygen atoms in total. The number of H-pyrrole nitrogens is 1. The average molecular weight is 500 g/mol. The van der Waals surface area contributed by atoms with Gasteiger partial charge in [-0.1, -0.05) is 11.8 Å². The number of β-lactam (4-membered cyclic amide) rings is 1.